The Hall–Kier alpha value is -2.12. The Labute approximate surface area is 177 Å². The Morgan fingerprint density at radius 2 is 1.93 bits per heavy atom. The van der Waals surface area contributed by atoms with Gasteiger partial charge < -0.3 is 15.7 Å². The van der Waals surface area contributed by atoms with Crippen LogP contribution < -0.4 is 10.6 Å². The summed E-state index contributed by atoms with van der Waals surface area (Å²) in [6.07, 6.45) is 2.51. The minimum absolute atomic E-state index is 0. The van der Waals surface area contributed by atoms with E-state index in [1.807, 2.05) is 36.9 Å². The summed E-state index contributed by atoms with van der Waals surface area (Å²) < 4.78 is 0. The largest absolute Gasteiger partial charge is 0.481 e. The maximum absolute atomic E-state index is 12.5. The van der Waals surface area contributed by atoms with Crippen molar-refractivity contribution >= 4 is 35.9 Å². The lowest BCUT2D eigenvalue weighted by atomic mass is 9.81. The summed E-state index contributed by atoms with van der Waals surface area (Å²) in [6.45, 7) is 6.52. The number of amides is 2. The van der Waals surface area contributed by atoms with Crippen LogP contribution in [0.4, 0.5) is 5.69 Å². The molecule has 1 saturated heterocycles. The molecule has 160 valence electrons. The lowest BCUT2D eigenvalue weighted by Gasteiger charge is -2.26. The van der Waals surface area contributed by atoms with Gasteiger partial charge in [-0.1, -0.05) is 24.6 Å². The van der Waals surface area contributed by atoms with Crippen LogP contribution in [0.3, 0.4) is 0 Å². The molecule has 0 radical (unpaired) electrons. The van der Waals surface area contributed by atoms with E-state index in [1.165, 1.54) is 0 Å². The topological polar surface area (TPSA) is 98.7 Å². The minimum atomic E-state index is -0.752. The number of nitrogens with one attached hydrogen (secondary N) is 2. The zero-order chi connectivity index (χ0) is 20.5. The fourth-order valence-corrected chi connectivity index (χ4v) is 4.65. The standard InChI is InChI=1S/C21H29N3O4.ClH/c1-13-6-4-7-14(2)18(13)23-17(25)10-22-19(26)15(3)24-11-16-8-5-9-21(16,12-24)20(27)28;/h4,6-7,15-16H,5,8-12H2,1-3H3,(H,22,26)(H,23,25)(H,27,28);1H/t15?,16-,21+;/m0./s1. The number of aliphatic carboxylic acids is 1. The highest BCUT2D eigenvalue weighted by atomic mass is 35.5. The Morgan fingerprint density at radius 1 is 1.28 bits per heavy atom. The first-order valence-electron chi connectivity index (χ1n) is 9.86. The van der Waals surface area contributed by atoms with E-state index in [-0.39, 0.29) is 36.7 Å². The number of hydrogen-bond acceptors (Lipinski definition) is 4. The smallest absolute Gasteiger partial charge is 0.311 e. The molecule has 2 aliphatic rings. The number of anilines is 1. The second kappa shape index (κ2) is 9.13. The number of carboxylic acid groups (broad SMARTS) is 1. The van der Waals surface area contributed by atoms with Crippen molar-refractivity contribution in [3.63, 3.8) is 0 Å². The summed E-state index contributed by atoms with van der Waals surface area (Å²) in [6, 6.07) is 5.31. The molecule has 1 saturated carbocycles. The van der Waals surface area contributed by atoms with Gasteiger partial charge in [0.2, 0.25) is 11.8 Å². The van der Waals surface area contributed by atoms with Gasteiger partial charge >= 0.3 is 5.97 Å². The average Bonchev–Trinajstić information content (AvgIpc) is 3.20. The van der Waals surface area contributed by atoms with Crippen LogP contribution in [0.2, 0.25) is 0 Å². The molecule has 1 aromatic rings. The Balaban J connectivity index is 0.00000300. The van der Waals surface area contributed by atoms with Gasteiger partial charge in [0, 0.05) is 18.8 Å². The summed E-state index contributed by atoms with van der Waals surface area (Å²) in [5.41, 5.74) is 1.99. The van der Waals surface area contributed by atoms with E-state index in [2.05, 4.69) is 10.6 Å². The molecular weight excluding hydrogens is 394 g/mol. The van der Waals surface area contributed by atoms with Crippen molar-refractivity contribution in [2.75, 3.05) is 25.0 Å². The van der Waals surface area contributed by atoms with Gasteiger partial charge in [-0.15, -0.1) is 12.4 Å². The lowest BCUT2D eigenvalue weighted by molar-refractivity contribution is -0.149. The van der Waals surface area contributed by atoms with Gasteiger partial charge in [-0.25, -0.2) is 0 Å². The molecule has 2 amide bonds. The first-order chi connectivity index (χ1) is 13.2. The molecule has 3 rings (SSSR count). The third-order valence-corrected chi connectivity index (χ3v) is 6.42. The van der Waals surface area contributed by atoms with Crippen molar-refractivity contribution in [1.29, 1.82) is 0 Å². The normalized spacial score (nSPS) is 24.3. The molecule has 8 heteroatoms. The second-order valence-electron chi connectivity index (χ2n) is 8.19. The molecule has 3 N–H and O–H groups in total. The molecule has 0 bridgehead atoms. The van der Waals surface area contributed by atoms with Crippen molar-refractivity contribution in [2.24, 2.45) is 11.3 Å². The highest BCUT2D eigenvalue weighted by Crippen LogP contribution is 2.49. The molecule has 1 aliphatic heterocycles. The molecule has 1 aromatic carbocycles. The van der Waals surface area contributed by atoms with E-state index >= 15 is 0 Å². The van der Waals surface area contributed by atoms with Crippen molar-refractivity contribution < 1.29 is 19.5 Å². The van der Waals surface area contributed by atoms with Gasteiger partial charge in [0.1, 0.15) is 0 Å². The molecule has 3 atom stereocenters. The first-order valence-corrected chi connectivity index (χ1v) is 9.86. The van der Waals surface area contributed by atoms with Gasteiger partial charge in [-0.2, -0.15) is 0 Å². The number of halogens is 1. The molecule has 0 spiro atoms. The van der Waals surface area contributed by atoms with Crippen molar-refractivity contribution in [3.8, 4) is 0 Å². The van der Waals surface area contributed by atoms with E-state index in [0.29, 0.717) is 19.5 Å². The Bertz CT molecular complexity index is 780. The van der Waals surface area contributed by atoms with E-state index in [4.69, 9.17) is 0 Å². The van der Waals surface area contributed by atoms with Crippen LogP contribution in [-0.4, -0.2) is 53.5 Å². The molecule has 1 heterocycles. The van der Waals surface area contributed by atoms with Gasteiger partial charge in [0.25, 0.3) is 0 Å². The number of likely N-dealkylation sites (tertiary alicyclic amines) is 1. The quantitative estimate of drug-likeness (QED) is 0.652. The second-order valence-corrected chi connectivity index (χ2v) is 8.19. The third-order valence-electron chi connectivity index (χ3n) is 6.42. The van der Waals surface area contributed by atoms with Gasteiger partial charge in [-0.05, 0) is 50.7 Å². The zero-order valence-corrected chi connectivity index (χ0v) is 18.0. The van der Waals surface area contributed by atoms with Crippen LogP contribution in [-0.2, 0) is 14.4 Å². The van der Waals surface area contributed by atoms with Gasteiger partial charge in [-0.3, -0.25) is 19.3 Å². The number of carboxylic acids is 1. The van der Waals surface area contributed by atoms with Crippen molar-refractivity contribution in [1.82, 2.24) is 10.2 Å². The van der Waals surface area contributed by atoms with Gasteiger partial charge in [0.15, 0.2) is 0 Å². The summed E-state index contributed by atoms with van der Waals surface area (Å²) >= 11 is 0. The van der Waals surface area contributed by atoms with Crippen LogP contribution in [0.1, 0.15) is 37.3 Å². The highest BCUT2D eigenvalue weighted by molar-refractivity contribution is 5.96. The average molecular weight is 424 g/mol. The van der Waals surface area contributed by atoms with E-state index in [1.54, 1.807) is 6.92 Å². The molecule has 1 unspecified atom stereocenters. The molecule has 29 heavy (non-hydrogen) atoms. The number of hydrogen-bond donors (Lipinski definition) is 3. The summed E-state index contributed by atoms with van der Waals surface area (Å²) in [4.78, 5) is 38.5. The van der Waals surface area contributed by atoms with E-state index < -0.39 is 17.4 Å². The first kappa shape index (κ1) is 23.2. The fourth-order valence-electron chi connectivity index (χ4n) is 4.65. The highest BCUT2D eigenvalue weighted by Gasteiger charge is 2.55. The summed E-state index contributed by atoms with van der Waals surface area (Å²) in [5.74, 6) is -1.18. The minimum Gasteiger partial charge on any atom is -0.481 e. The molecule has 0 aromatic heterocycles. The number of para-hydroxylation sites is 1. The Kier molecular flexibility index (Phi) is 7.30. The fraction of sp³-hybridized carbons (Fsp3) is 0.571. The van der Waals surface area contributed by atoms with E-state index in [0.717, 1.165) is 29.7 Å². The number of fused-ring (bicyclic) bond motifs is 1. The number of carbonyl (C=O) groups is 3. The summed E-state index contributed by atoms with van der Waals surface area (Å²) in [7, 11) is 0. The SMILES string of the molecule is Cc1cccc(C)c1NC(=O)CNC(=O)C(C)N1C[C@@H]2CCC[C@@]2(C(=O)O)C1.Cl. The molecule has 2 fully saturated rings. The number of rotatable bonds is 6. The zero-order valence-electron chi connectivity index (χ0n) is 17.2. The summed E-state index contributed by atoms with van der Waals surface area (Å²) in [5, 5.41) is 15.2. The number of aryl methyl sites for hydroxylation is 2. The third kappa shape index (κ3) is 4.56. The Morgan fingerprint density at radius 3 is 2.52 bits per heavy atom. The molecule has 7 nitrogen and oxygen atoms in total. The lowest BCUT2D eigenvalue weighted by Crippen LogP contribution is -2.47. The van der Waals surface area contributed by atoms with E-state index in [9.17, 15) is 19.5 Å². The van der Waals surface area contributed by atoms with Gasteiger partial charge in [0.05, 0.1) is 18.0 Å². The van der Waals surface area contributed by atoms with Crippen LogP contribution in [0.5, 0.6) is 0 Å². The maximum atomic E-state index is 12.5. The maximum Gasteiger partial charge on any atom is 0.311 e. The van der Waals surface area contributed by atoms with Crippen LogP contribution in [0.15, 0.2) is 18.2 Å². The molecule has 1 aliphatic carbocycles. The predicted octanol–water partition coefficient (Wildman–Crippen LogP) is 2.36. The van der Waals surface area contributed by atoms with Crippen LogP contribution in [0.25, 0.3) is 0 Å². The molecular formula is C21H30ClN3O4. The predicted molar refractivity (Wildman–Crippen MR) is 113 cm³/mol. The van der Waals surface area contributed by atoms with Crippen LogP contribution >= 0.6 is 12.4 Å². The number of nitrogens with zero attached hydrogens (tertiary/aromatic N) is 1. The monoisotopic (exact) mass is 423 g/mol. The van der Waals surface area contributed by atoms with Crippen LogP contribution in [0, 0.1) is 25.2 Å². The number of benzene rings is 1. The van der Waals surface area contributed by atoms with Crippen molar-refractivity contribution in [3.05, 3.63) is 29.3 Å². The number of carbonyl (C=O) groups excluding carboxylic acids is 2. The van der Waals surface area contributed by atoms with Crippen molar-refractivity contribution in [2.45, 2.75) is 46.1 Å².